The van der Waals surface area contributed by atoms with Gasteiger partial charge in [-0.05, 0) is 36.6 Å². The minimum atomic E-state index is -0.809. The summed E-state index contributed by atoms with van der Waals surface area (Å²) in [5.41, 5.74) is 8.24. The number of anilines is 2. The molecule has 1 heterocycles. The quantitative estimate of drug-likeness (QED) is 0.805. The molecular weight excluding hydrogens is 228 g/mol. The smallest absolute Gasteiger partial charge is 0.307 e. The molecule has 1 saturated heterocycles. The van der Waals surface area contributed by atoms with Gasteiger partial charge < -0.3 is 15.7 Å². The van der Waals surface area contributed by atoms with Gasteiger partial charge in [-0.1, -0.05) is 12.8 Å². The van der Waals surface area contributed by atoms with Gasteiger partial charge in [-0.3, -0.25) is 4.79 Å². The molecule has 4 heteroatoms. The minimum absolute atomic E-state index is 0.0386. The van der Waals surface area contributed by atoms with Crippen LogP contribution in [0.3, 0.4) is 0 Å². The van der Waals surface area contributed by atoms with E-state index in [0.717, 1.165) is 24.3 Å². The van der Waals surface area contributed by atoms with Crippen LogP contribution in [0.15, 0.2) is 18.2 Å². The number of hydrogen-bond acceptors (Lipinski definition) is 3. The lowest BCUT2D eigenvalue weighted by molar-refractivity contribution is -0.136. The summed E-state index contributed by atoms with van der Waals surface area (Å²) in [5.74, 6) is -0.809. The molecule has 98 valence electrons. The van der Waals surface area contributed by atoms with Crippen molar-refractivity contribution in [2.24, 2.45) is 0 Å². The third-order valence-corrected chi connectivity index (χ3v) is 3.39. The average Bonchev–Trinajstić information content (AvgIpc) is 2.57. The van der Waals surface area contributed by atoms with E-state index in [9.17, 15) is 4.79 Å². The molecule has 0 unspecified atom stereocenters. The molecule has 4 nitrogen and oxygen atoms in total. The minimum Gasteiger partial charge on any atom is -0.481 e. The zero-order chi connectivity index (χ0) is 13.0. The molecule has 0 amide bonds. The molecule has 0 atom stereocenters. The van der Waals surface area contributed by atoms with E-state index in [1.165, 1.54) is 25.7 Å². The van der Waals surface area contributed by atoms with Crippen molar-refractivity contribution < 1.29 is 9.90 Å². The van der Waals surface area contributed by atoms with E-state index in [1.54, 1.807) is 6.07 Å². The molecule has 0 spiro atoms. The molecule has 0 radical (unpaired) electrons. The predicted molar refractivity (Wildman–Crippen MR) is 72.9 cm³/mol. The Hall–Kier alpha value is -1.71. The van der Waals surface area contributed by atoms with Gasteiger partial charge in [0, 0.05) is 24.5 Å². The fourth-order valence-corrected chi connectivity index (χ4v) is 2.53. The van der Waals surface area contributed by atoms with Gasteiger partial charge in [-0.15, -0.1) is 0 Å². The van der Waals surface area contributed by atoms with E-state index in [0.29, 0.717) is 5.69 Å². The highest BCUT2D eigenvalue weighted by Gasteiger charge is 2.15. The van der Waals surface area contributed by atoms with Gasteiger partial charge in [-0.2, -0.15) is 0 Å². The van der Waals surface area contributed by atoms with Gasteiger partial charge in [0.1, 0.15) is 0 Å². The van der Waals surface area contributed by atoms with Crippen LogP contribution in [-0.4, -0.2) is 24.2 Å². The lowest BCUT2D eigenvalue weighted by Crippen LogP contribution is -2.25. The molecule has 0 saturated carbocycles. The third kappa shape index (κ3) is 3.15. The fraction of sp³-hybridized carbons (Fsp3) is 0.500. The summed E-state index contributed by atoms with van der Waals surface area (Å²) < 4.78 is 0. The number of aliphatic carboxylic acids is 1. The molecule has 3 N–H and O–H groups in total. The maximum absolute atomic E-state index is 10.9. The summed E-state index contributed by atoms with van der Waals surface area (Å²) in [6.45, 7) is 2.02. The summed E-state index contributed by atoms with van der Waals surface area (Å²) in [7, 11) is 0. The zero-order valence-electron chi connectivity index (χ0n) is 10.6. The highest BCUT2D eigenvalue weighted by atomic mass is 16.4. The van der Waals surface area contributed by atoms with E-state index in [-0.39, 0.29) is 6.42 Å². The molecule has 2 rings (SSSR count). The topological polar surface area (TPSA) is 66.6 Å². The first-order valence-electron chi connectivity index (χ1n) is 6.52. The normalized spacial score (nSPS) is 16.3. The lowest BCUT2D eigenvalue weighted by Gasteiger charge is -2.25. The molecule has 1 aromatic rings. The van der Waals surface area contributed by atoms with Crippen LogP contribution in [0.4, 0.5) is 11.4 Å². The van der Waals surface area contributed by atoms with Crippen LogP contribution in [0.25, 0.3) is 0 Å². The molecule has 1 aromatic carbocycles. The van der Waals surface area contributed by atoms with Gasteiger partial charge in [0.25, 0.3) is 0 Å². The number of nitrogens with zero attached hydrogens (tertiary/aromatic N) is 1. The number of carbonyl (C=O) groups is 1. The number of carboxylic acid groups (broad SMARTS) is 1. The number of nitrogens with two attached hydrogens (primary N) is 1. The standard InChI is InChI=1S/C14H20N2O2/c15-12-5-6-13(11(9-12)10-14(17)18)16-7-3-1-2-4-8-16/h5-6,9H,1-4,7-8,10,15H2,(H,17,18). The van der Waals surface area contributed by atoms with Crippen molar-refractivity contribution in [3.8, 4) is 0 Å². The Morgan fingerprint density at radius 2 is 1.89 bits per heavy atom. The highest BCUT2D eigenvalue weighted by molar-refractivity contribution is 5.75. The maximum atomic E-state index is 10.9. The van der Waals surface area contributed by atoms with E-state index in [2.05, 4.69) is 4.90 Å². The average molecular weight is 248 g/mol. The Kier molecular flexibility index (Phi) is 4.07. The van der Waals surface area contributed by atoms with Crippen LogP contribution < -0.4 is 10.6 Å². The van der Waals surface area contributed by atoms with Gasteiger partial charge in [0.05, 0.1) is 6.42 Å². The van der Waals surface area contributed by atoms with Crippen molar-refractivity contribution in [1.29, 1.82) is 0 Å². The summed E-state index contributed by atoms with van der Waals surface area (Å²) in [4.78, 5) is 13.2. The van der Waals surface area contributed by atoms with Crippen LogP contribution in [0.1, 0.15) is 31.2 Å². The number of carboxylic acids is 1. The van der Waals surface area contributed by atoms with Gasteiger partial charge in [0.15, 0.2) is 0 Å². The second-order valence-corrected chi connectivity index (χ2v) is 4.86. The summed E-state index contributed by atoms with van der Waals surface area (Å²) in [6, 6.07) is 5.60. The van der Waals surface area contributed by atoms with Crippen molar-refractivity contribution in [2.75, 3.05) is 23.7 Å². The third-order valence-electron chi connectivity index (χ3n) is 3.39. The number of hydrogen-bond donors (Lipinski definition) is 2. The molecule has 1 aliphatic heterocycles. The molecule has 0 aliphatic carbocycles. The second kappa shape index (κ2) is 5.76. The summed E-state index contributed by atoms with van der Waals surface area (Å²) >= 11 is 0. The summed E-state index contributed by atoms with van der Waals surface area (Å²) in [5, 5.41) is 8.98. The van der Waals surface area contributed by atoms with Crippen molar-refractivity contribution in [3.05, 3.63) is 23.8 Å². The highest BCUT2D eigenvalue weighted by Crippen LogP contribution is 2.26. The number of benzene rings is 1. The van der Waals surface area contributed by atoms with Crippen molar-refractivity contribution in [2.45, 2.75) is 32.1 Å². The van der Waals surface area contributed by atoms with E-state index < -0.39 is 5.97 Å². The Balaban J connectivity index is 2.26. The van der Waals surface area contributed by atoms with Gasteiger partial charge in [-0.25, -0.2) is 0 Å². The zero-order valence-corrected chi connectivity index (χ0v) is 10.6. The molecule has 0 aromatic heterocycles. The lowest BCUT2D eigenvalue weighted by atomic mass is 10.1. The first kappa shape index (κ1) is 12.7. The SMILES string of the molecule is Nc1ccc(N2CCCCCC2)c(CC(=O)O)c1. The summed E-state index contributed by atoms with van der Waals surface area (Å²) in [6.07, 6.45) is 4.92. The Bertz CT molecular complexity index is 424. The monoisotopic (exact) mass is 248 g/mol. The van der Waals surface area contributed by atoms with E-state index in [4.69, 9.17) is 10.8 Å². The Labute approximate surface area is 107 Å². The first-order valence-corrected chi connectivity index (χ1v) is 6.52. The van der Waals surface area contributed by atoms with Gasteiger partial charge in [0.2, 0.25) is 0 Å². The maximum Gasteiger partial charge on any atom is 0.307 e. The van der Waals surface area contributed by atoms with Crippen molar-refractivity contribution in [3.63, 3.8) is 0 Å². The Morgan fingerprint density at radius 1 is 1.22 bits per heavy atom. The molecule has 18 heavy (non-hydrogen) atoms. The van der Waals surface area contributed by atoms with Crippen LogP contribution in [0.5, 0.6) is 0 Å². The van der Waals surface area contributed by atoms with Crippen LogP contribution >= 0.6 is 0 Å². The molecular formula is C14H20N2O2. The van der Waals surface area contributed by atoms with E-state index >= 15 is 0 Å². The van der Waals surface area contributed by atoms with Crippen LogP contribution in [0.2, 0.25) is 0 Å². The van der Waals surface area contributed by atoms with Crippen molar-refractivity contribution in [1.82, 2.24) is 0 Å². The first-order chi connectivity index (χ1) is 8.66. The van der Waals surface area contributed by atoms with Crippen molar-refractivity contribution >= 4 is 17.3 Å². The van der Waals surface area contributed by atoms with Crippen LogP contribution in [-0.2, 0) is 11.2 Å². The van der Waals surface area contributed by atoms with E-state index in [1.807, 2.05) is 12.1 Å². The number of nitrogen functional groups attached to an aromatic ring is 1. The molecule has 1 fully saturated rings. The molecule has 0 bridgehead atoms. The fourth-order valence-electron chi connectivity index (χ4n) is 2.53. The molecule has 1 aliphatic rings. The van der Waals surface area contributed by atoms with Crippen LogP contribution in [0, 0.1) is 0 Å². The number of rotatable bonds is 3. The predicted octanol–water partition coefficient (Wildman–Crippen LogP) is 2.28. The van der Waals surface area contributed by atoms with Gasteiger partial charge >= 0.3 is 5.97 Å². The largest absolute Gasteiger partial charge is 0.481 e. The Morgan fingerprint density at radius 3 is 2.50 bits per heavy atom. The second-order valence-electron chi connectivity index (χ2n) is 4.86.